The van der Waals surface area contributed by atoms with E-state index in [-0.39, 0.29) is 19.4 Å². The molecule has 254 valence electrons. The number of nitrogens with one attached hydrogen (secondary N) is 5. The van der Waals surface area contributed by atoms with Gasteiger partial charge in [0.1, 0.15) is 30.2 Å². The van der Waals surface area contributed by atoms with Crippen LogP contribution in [0.5, 0.6) is 0 Å². The first-order valence-electron chi connectivity index (χ1n) is 15.3. The highest BCUT2D eigenvalue weighted by Crippen LogP contribution is 2.21. The van der Waals surface area contributed by atoms with Crippen LogP contribution < -0.4 is 32.3 Å². The summed E-state index contributed by atoms with van der Waals surface area (Å²) in [5.74, 6) is -6.86. The van der Waals surface area contributed by atoms with E-state index in [0.717, 1.165) is 6.42 Å². The number of hydrogen-bond donors (Lipinski definition) is 9. The number of rotatable bonds is 18. The summed E-state index contributed by atoms with van der Waals surface area (Å²) < 4.78 is 0. The van der Waals surface area contributed by atoms with Gasteiger partial charge in [0.2, 0.25) is 29.5 Å². The molecular formula is C28H47N7O10. The van der Waals surface area contributed by atoms with Gasteiger partial charge in [-0.05, 0) is 64.0 Å². The summed E-state index contributed by atoms with van der Waals surface area (Å²) >= 11 is 0. The molecule has 17 nitrogen and oxygen atoms in total. The SMILES string of the molecule is CC(C)C(NC(=O)C1CCCN1C(=O)C(CCCCN)NC(=O)C(CC(=O)O)NC(=O)C(CO)NC(=O)C1CCCN1)C(=O)O. The minimum atomic E-state index is -1.67. The van der Waals surface area contributed by atoms with E-state index in [1.165, 1.54) is 4.90 Å². The Labute approximate surface area is 261 Å². The van der Waals surface area contributed by atoms with Gasteiger partial charge in [0.25, 0.3) is 0 Å². The molecule has 0 radical (unpaired) electrons. The van der Waals surface area contributed by atoms with E-state index in [2.05, 4.69) is 26.6 Å². The number of amides is 5. The third kappa shape index (κ3) is 11.2. The average molecular weight is 642 g/mol. The average Bonchev–Trinajstić information content (AvgIpc) is 3.70. The number of likely N-dealkylation sites (tertiary alicyclic amines) is 1. The van der Waals surface area contributed by atoms with Crippen molar-refractivity contribution in [1.82, 2.24) is 31.5 Å². The molecule has 2 rings (SSSR count). The number of hydrogen-bond acceptors (Lipinski definition) is 10. The van der Waals surface area contributed by atoms with Gasteiger partial charge in [0, 0.05) is 6.54 Å². The van der Waals surface area contributed by atoms with Gasteiger partial charge in [0.05, 0.1) is 19.1 Å². The van der Waals surface area contributed by atoms with Crippen LogP contribution in [0.1, 0.15) is 65.2 Å². The summed E-state index contributed by atoms with van der Waals surface area (Å²) in [6.45, 7) is 3.54. The van der Waals surface area contributed by atoms with Crippen molar-refractivity contribution in [2.45, 2.75) is 101 Å². The number of aliphatic hydroxyl groups is 1. The molecular weight excluding hydrogens is 594 g/mol. The van der Waals surface area contributed by atoms with Crippen LogP contribution in [0.3, 0.4) is 0 Å². The quantitative estimate of drug-likeness (QED) is 0.0678. The molecule has 0 spiro atoms. The molecule has 2 aliphatic rings. The fourth-order valence-corrected chi connectivity index (χ4v) is 5.32. The Bertz CT molecular complexity index is 1080. The summed E-state index contributed by atoms with van der Waals surface area (Å²) in [5.41, 5.74) is 5.59. The Morgan fingerprint density at radius 2 is 1.53 bits per heavy atom. The monoisotopic (exact) mass is 641 g/mol. The Kier molecular flexibility index (Phi) is 15.1. The molecule has 6 atom stereocenters. The molecule has 17 heteroatoms. The van der Waals surface area contributed by atoms with Crippen LogP contribution in [0.4, 0.5) is 0 Å². The Balaban J connectivity index is 2.19. The summed E-state index contributed by atoms with van der Waals surface area (Å²) in [6, 6.07) is -7.05. The minimum Gasteiger partial charge on any atom is -0.481 e. The smallest absolute Gasteiger partial charge is 0.326 e. The van der Waals surface area contributed by atoms with Crippen LogP contribution in [-0.2, 0) is 33.6 Å². The zero-order valence-electron chi connectivity index (χ0n) is 25.8. The summed E-state index contributed by atoms with van der Waals surface area (Å²) in [5, 5.41) is 41.2. The van der Waals surface area contributed by atoms with Crippen molar-refractivity contribution in [3.8, 4) is 0 Å². The molecule has 0 saturated carbocycles. The zero-order chi connectivity index (χ0) is 33.7. The van der Waals surface area contributed by atoms with Crippen molar-refractivity contribution in [3.63, 3.8) is 0 Å². The zero-order valence-corrected chi connectivity index (χ0v) is 25.8. The molecule has 5 amide bonds. The number of carboxylic acid groups (broad SMARTS) is 2. The maximum atomic E-state index is 13.7. The first-order chi connectivity index (χ1) is 21.3. The maximum absolute atomic E-state index is 13.7. The Morgan fingerprint density at radius 3 is 2.09 bits per heavy atom. The Morgan fingerprint density at radius 1 is 0.867 bits per heavy atom. The van der Waals surface area contributed by atoms with E-state index in [1.807, 2.05) is 0 Å². The van der Waals surface area contributed by atoms with Crippen LogP contribution in [0.2, 0.25) is 0 Å². The van der Waals surface area contributed by atoms with Gasteiger partial charge in [-0.15, -0.1) is 0 Å². The second kappa shape index (κ2) is 18.2. The molecule has 0 aromatic rings. The highest BCUT2D eigenvalue weighted by atomic mass is 16.4. The van der Waals surface area contributed by atoms with Crippen molar-refractivity contribution in [1.29, 1.82) is 0 Å². The molecule has 0 bridgehead atoms. The topological polar surface area (TPSA) is 270 Å². The number of carboxylic acids is 2. The van der Waals surface area contributed by atoms with Gasteiger partial charge >= 0.3 is 11.9 Å². The van der Waals surface area contributed by atoms with Gasteiger partial charge in [-0.3, -0.25) is 28.8 Å². The van der Waals surface area contributed by atoms with Gasteiger partial charge in [-0.2, -0.15) is 0 Å². The fourth-order valence-electron chi connectivity index (χ4n) is 5.32. The van der Waals surface area contributed by atoms with E-state index in [1.54, 1.807) is 13.8 Å². The molecule has 2 saturated heterocycles. The third-order valence-corrected chi connectivity index (χ3v) is 7.83. The first kappa shape index (κ1) is 37.4. The van der Waals surface area contributed by atoms with Gasteiger partial charge in [0.15, 0.2) is 0 Å². The lowest BCUT2D eigenvalue weighted by Crippen LogP contribution is -2.60. The molecule has 10 N–H and O–H groups in total. The van der Waals surface area contributed by atoms with Crippen molar-refractivity contribution in [2.24, 2.45) is 11.7 Å². The second-order valence-corrected chi connectivity index (χ2v) is 11.7. The lowest BCUT2D eigenvalue weighted by molar-refractivity contribution is -0.146. The third-order valence-electron chi connectivity index (χ3n) is 7.83. The van der Waals surface area contributed by atoms with Gasteiger partial charge < -0.3 is 52.5 Å². The van der Waals surface area contributed by atoms with Gasteiger partial charge in [-0.25, -0.2) is 4.79 Å². The molecule has 45 heavy (non-hydrogen) atoms. The molecule has 2 heterocycles. The highest BCUT2D eigenvalue weighted by Gasteiger charge is 2.40. The number of nitrogens with two attached hydrogens (primary N) is 1. The summed E-state index contributed by atoms with van der Waals surface area (Å²) in [4.78, 5) is 89.9. The second-order valence-electron chi connectivity index (χ2n) is 11.7. The number of unbranched alkanes of at least 4 members (excludes halogenated alkanes) is 1. The minimum absolute atomic E-state index is 0.0911. The lowest BCUT2D eigenvalue weighted by Gasteiger charge is -2.31. The van der Waals surface area contributed by atoms with Crippen LogP contribution >= 0.6 is 0 Å². The van der Waals surface area contributed by atoms with E-state index in [9.17, 15) is 48.9 Å². The number of nitrogens with zero attached hydrogens (tertiary/aromatic N) is 1. The highest BCUT2D eigenvalue weighted by molar-refractivity contribution is 5.97. The van der Waals surface area contributed by atoms with E-state index in [4.69, 9.17) is 5.73 Å². The normalized spacial score (nSPS) is 20.5. The number of aliphatic hydroxyl groups excluding tert-OH is 1. The van der Waals surface area contributed by atoms with Crippen LogP contribution in [0, 0.1) is 5.92 Å². The van der Waals surface area contributed by atoms with Crippen molar-refractivity contribution in [2.75, 3.05) is 26.2 Å². The van der Waals surface area contributed by atoms with Crippen molar-refractivity contribution >= 4 is 41.5 Å². The largest absolute Gasteiger partial charge is 0.481 e. The predicted octanol–water partition coefficient (Wildman–Crippen LogP) is -2.99. The lowest BCUT2D eigenvalue weighted by atomic mass is 10.0. The van der Waals surface area contributed by atoms with Crippen molar-refractivity contribution < 1.29 is 48.9 Å². The van der Waals surface area contributed by atoms with E-state index >= 15 is 0 Å². The Hall–Kier alpha value is -3.83. The molecule has 2 aliphatic heterocycles. The van der Waals surface area contributed by atoms with Crippen molar-refractivity contribution in [3.05, 3.63) is 0 Å². The van der Waals surface area contributed by atoms with E-state index < -0.39 is 96.7 Å². The number of carbonyl (C=O) groups excluding carboxylic acids is 5. The molecule has 0 aromatic carbocycles. The van der Waals surface area contributed by atoms with Crippen LogP contribution in [0.15, 0.2) is 0 Å². The number of aliphatic carboxylic acids is 2. The van der Waals surface area contributed by atoms with Gasteiger partial charge in [-0.1, -0.05) is 13.8 Å². The molecule has 6 unspecified atom stereocenters. The molecule has 0 aliphatic carbocycles. The first-order valence-corrected chi connectivity index (χ1v) is 15.3. The van der Waals surface area contributed by atoms with Crippen LogP contribution in [0.25, 0.3) is 0 Å². The molecule has 0 aromatic heterocycles. The van der Waals surface area contributed by atoms with E-state index in [0.29, 0.717) is 38.8 Å². The standard InChI is InChI=1S/C28H47N7O10/c1-15(2)22(28(44)45)34-26(42)20-9-6-12-35(20)27(43)17(7-3-4-10-29)31-24(40)18(13-21(37)38)32-25(41)19(14-36)33-23(39)16-8-5-11-30-16/h15-20,22,30,36H,3-14,29H2,1-2H3,(H,31,40)(H,32,41)(H,33,39)(H,34,42)(H,37,38)(H,44,45). The van der Waals surface area contributed by atoms with Crippen LogP contribution in [-0.4, -0.2) is 124 Å². The fraction of sp³-hybridized carbons (Fsp3) is 0.750. The summed E-state index contributed by atoms with van der Waals surface area (Å²) in [6.07, 6.45) is 2.14. The maximum Gasteiger partial charge on any atom is 0.326 e. The predicted molar refractivity (Wildman–Crippen MR) is 158 cm³/mol. The summed E-state index contributed by atoms with van der Waals surface area (Å²) in [7, 11) is 0. The molecule has 2 fully saturated rings. The number of carbonyl (C=O) groups is 7.